The Hall–Kier alpha value is -2.79. The fourth-order valence-corrected chi connectivity index (χ4v) is 6.83. The third kappa shape index (κ3) is 6.74. The van der Waals surface area contributed by atoms with E-state index in [9.17, 15) is 14.4 Å². The van der Waals surface area contributed by atoms with E-state index in [4.69, 9.17) is 16.3 Å². The van der Waals surface area contributed by atoms with Gasteiger partial charge in [-0.05, 0) is 97.2 Å². The lowest BCUT2D eigenvalue weighted by Crippen LogP contribution is -2.51. The summed E-state index contributed by atoms with van der Waals surface area (Å²) in [6.45, 7) is 2.55. The average Bonchev–Trinajstić information content (AvgIpc) is 3.21. The van der Waals surface area contributed by atoms with Gasteiger partial charge in [-0.3, -0.25) is 19.3 Å². The lowest BCUT2D eigenvalue weighted by atomic mass is 10.2. The van der Waals surface area contributed by atoms with Crippen LogP contribution in [0.5, 0.6) is 5.75 Å². The van der Waals surface area contributed by atoms with Crippen LogP contribution >= 0.6 is 55.2 Å². The van der Waals surface area contributed by atoms with Crippen molar-refractivity contribution in [3.63, 3.8) is 0 Å². The molecule has 0 aliphatic carbocycles. The zero-order valence-electron chi connectivity index (χ0n) is 21.2. The van der Waals surface area contributed by atoms with Crippen molar-refractivity contribution in [1.82, 2.24) is 9.80 Å². The summed E-state index contributed by atoms with van der Waals surface area (Å²) in [6, 6.07) is 21.1. The maximum absolute atomic E-state index is 13.1. The highest BCUT2D eigenvalue weighted by molar-refractivity contribution is 9.11. The molecule has 2 saturated heterocycles. The molecular formula is C29H24Br2ClN3O4S. The summed E-state index contributed by atoms with van der Waals surface area (Å²) in [5.74, 6) is -0.0938. The van der Waals surface area contributed by atoms with E-state index >= 15 is 0 Å². The molecule has 0 saturated carbocycles. The molecule has 7 nitrogen and oxygen atoms in total. The number of amides is 3. The molecule has 3 amide bonds. The topological polar surface area (TPSA) is 70.2 Å². The van der Waals surface area contributed by atoms with Crippen LogP contribution in [0.1, 0.15) is 11.1 Å². The van der Waals surface area contributed by atoms with Gasteiger partial charge in [0.15, 0.2) is 0 Å². The lowest BCUT2D eigenvalue weighted by Gasteiger charge is -2.36. The summed E-state index contributed by atoms with van der Waals surface area (Å²) in [7, 11) is 0. The number of hydrogen-bond acceptors (Lipinski definition) is 6. The molecule has 3 aromatic carbocycles. The molecule has 0 atom stereocenters. The first kappa shape index (κ1) is 28.7. The summed E-state index contributed by atoms with van der Waals surface area (Å²) in [4.78, 5) is 43.9. The van der Waals surface area contributed by atoms with E-state index in [1.54, 1.807) is 23.1 Å². The van der Waals surface area contributed by atoms with Crippen LogP contribution in [0.3, 0.4) is 0 Å². The number of ether oxygens (including phenoxy) is 1. The fraction of sp³-hybridized carbons (Fsp3) is 0.207. The molecule has 2 fully saturated rings. The van der Waals surface area contributed by atoms with Crippen LogP contribution in [0.15, 0.2) is 80.6 Å². The number of thioether (sulfide) groups is 1. The van der Waals surface area contributed by atoms with Gasteiger partial charge in [-0.15, -0.1) is 0 Å². The molecule has 2 aliphatic rings. The molecule has 0 spiro atoms. The van der Waals surface area contributed by atoms with Gasteiger partial charge in [0.25, 0.3) is 11.1 Å². The van der Waals surface area contributed by atoms with Gasteiger partial charge in [0, 0.05) is 36.9 Å². The number of carbonyl (C=O) groups is 3. The fourth-order valence-electron chi connectivity index (χ4n) is 4.41. The van der Waals surface area contributed by atoms with Gasteiger partial charge < -0.3 is 14.5 Å². The summed E-state index contributed by atoms with van der Waals surface area (Å²) in [5, 5.41) is 0.208. The first-order valence-electron chi connectivity index (χ1n) is 12.5. The number of carbonyl (C=O) groups excluding carboxylic acids is 3. The minimum absolute atomic E-state index is 0.232. The smallest absolute Gasteiger partial charge is 0.294 e. The van der Waals surface area contributed by atoms with Gasteiger partial charge in [-0.1, -0.05) is 41.9 Å². The Bertz CT molecular complexity index is 1440. The second-order valence-electron chi connectivity index (χ2n) is 9.20. The minimum atomic E-state index is -0.471. The van der Waals surface area contributed by atoms with E-state index in [0.717, 1.165) is 27.9 Å². The summed E-state index contributed by atoms with van der Waals surface area (Å²) in [6.07, 6.45) is 1.65. The van der Waals surface area contributed by atoms with Gasteiger partial charge in [0.2, 0.25) is 5.91 Å². The first-order valence-corrected chi connectivity index (χ1v) is 15.3. The SMILES string of the molecule is O=C(CN1C(=O)S/C(=C/c2cc(Br)c(OCc3ccc(Cl)cc3)c(Br)c2)C1=O)N1CCN(c2ccccc2)CC1. The van der Waals surface area contributed by atoms with E-state index in [1.807, 2.05) is 54.6 Å². The zero-order chi connectivity index (χ0) is 28.2. The second kappa shape index (κ2) is 12.8. The quantitative estimate of drug-likeness (QED) is 0.251. The molecule has 11 heteroatoms. The number of nitrogens with zero attached hydrogens (tertiary/aromatic N) is 3. The van der Waals surface area contributed by atoms with Crippen molar-refractivity contribution in [3.05, 3.63) is 96.7 Å². The maximum Gasteiger partial charge on any atom is 0.294 e. The van der Waals surface area contributed by atoms with Crippen LogP contribution < -0.4 is 9.64 Å². The number of rotatable bonds is 7. The number of halogens is 3. The van der Waals surface area contributed by atoms with Crippen molar-refractivity contribution in [1.29, 1.82) is 0 Å². The van der Waals surface area contributed by atoms with Crippen LogP contribution in [-0.2, 0) is 16.2 Å². The van der Waals surface area contributed by atoms with Crippen molar-refractivity contribution >= 4 is 84.0 Å². The molecular weight excluding hydrogens is 682 g/mol. The van der Waals surface area contributed by atoms with Gasteiger partial charge in [-0.2, -0.15) is 0 Å². The molecule has 0 bridgehead atoms. The van der Waals surface area contributed by atoms with Crippen molar-refractivity contribution < 1.29 is 19.1 Å². The monoisotopic (exact) mass is 703 g/mol. The van der Waals surface area contributed by atoms with Crippen LogP contribution in [0, 0.1) is 0 Å². The Balaban J connectivity index is 1.20. The largest absolute Gasteiger partial charge is 0.487 e. The standard InChI is InChI=1S/C29H24Br2ClN3O4S/c30-23-14-20(15-24(31)27(23)39-18-19-6-8-21(32)9-7-19)16-25-28(37)35(29(38)40-25)17-26(36)34-12-10-33(11-13-34)22-4-2-1-3-5-22/h1-9,14-16H,10-13,17-18H2/b25-16+. The number of piperazine rings is 1. The predicted octanol–water partition coefficient (Wildman–Crippen LogP) is 6.83. The first-order chi connectivity index (χ1) is 19.3. The molecule has 5 rings (SSSR count). The third-order valence-corrected chi connectivity index (χ3v) is 8.87. The van der Waals surface area contributed by atoms with Crippen LogP contribution in [-0.4, -0.2) is 59.6 Å². The van der Waals surface area contributed by atoms with E-state index in [2.05, 4.69) is 36.8 Å². The van der Waals surface area contributed by atoms with E-state index in [1.165, 1.54) is 0 Å². The Morgan fingerprint density at radius 2 is 1.60 bits per heavy atom. The van der Waals surface area contributed by atoms with Crippen molar-refractivity contribution in [2.45, 2.75) is 6.61 Å². The third-order valence-electron chi connectivity index (χ3n) is 6.54. The summed E-state index contributed by atoms with van der Waals surface area (Å²) >= 11 is 13.9. The Morgan fingerprint density at radius 3 is 2.25 bits per heavy atom. The molecule has 2 aliphatic heterocycles. The molecule has 3 aromatic rings. The molecule has 0 unspecified atom stereocenters. The van der Waals surface area contributed by atoms with Gasteiger partial charge in [-0.25, -0.2) is 0 Å². The van der Waals surface area contributed by atoms with Crippen molar-refractivity contribution in [2.24, 2.45) is 0 Å². The normalized spacial score (nSPS) is 16.7. The highest BCUT2D eigenvalue weighted by Crippen LogP contribution is 2.38. The van der Waals surface area contributed by atoms with E-state index in [-0.39, 0.29) is 17.4 Å². The van der Waals surface area contributed by atoms with Crippen LogP contribution in [0.2, 0.25) is 5.02 Å². The predicted molar refractivity (Wildman–Crippen MR) is 166 cm³/mol. The van der Waals surface area contributed by atoms with Crippen molar-refractivity contribution in [3.8, 4) is 5.75 Å². The highest BCUT2D eigenvalue weighted by Gasteiger charge is 2.37. The molecule has 0 aromatic heterocycles. The number of hydrogen-bond donors (Lipinski definition) is 0. The zero-order valence-corrected chi connectivity index (χ0v) is 25.9. The maximum atomic E-state index is 13.1. The van der Waals surface area contributed by atoms with Crippen LogP contribution in [0.25, 0.3) is 6.08 Å². The Kier molecular flexibility index (Phi) is 9.20. The molecule has 0 radical (unpaired) electrons. The molecule has 40 heavy (non-hydrogen) atoms. The number of para-hydroxylation sites is 1. The highest BCUT2D eigenvalue weighted by atomic mass is 79.9. The lowest BCUT2D eigenvalue weighted by molar-refractivity contribution is -0.136. The average molecular weight is 706 g/mol. The molecule has 2 heterocycles. The Morgan fingerprint density at radius 1 is 0.950 bits per heavy atom. The number of benzene rings is 3. The summed E-state index contributed by atoms with van der Waals surface area (Å²) in [5.41, 5.74) is 2.78. The van der Waals surface area contributed by atoms with Crippen molar-refractivity contribution in [2.75, 3.05) is 37.6 Å². The van der Waals surface area contributed by atoms with Crippen LogP contribution in [0.4, 0.5) is 10.5 Å². The second-order valence-corrected chi connectivity index (χ2v) is 12.3. The number of anilines is 1. The minimum Gasteiger partial charge on any atom is -0.487 e. The van der Waals surface area contributed by atoms with E-state index < -0.39 is 11.1 Å². The summed E-state index contributed by atoms with van der Waals surface area (Å²) < 4.78 is 7.34. The molecule has 0 N–H and O–H groups in total. The molecule has 206 valence electrons. The van der Waals surface area contributed by atoms with Gasteiger partial charge in [0.05, 0.1) is 13.9 Å². The number of imide groups is 1. The van der Waals surface area contributed by atoms with Gasteiger partial charge >= 0.3 is 0 Å². The Labute approximate surface area is 258 Å². The van der Waals surface area contributed by atoms with E-state index in [0.29, 0.717) is 58.1 Å². The van der Waals surface area contributed by atoms with Gasteiger partial charge in [0.1, 0.15) is 18.9 Å².